The molecule has 2 aliphatic rings. The van der Waals surface area contributed by atoms with Crippen LogP contribution in [0.4, 0.5) is 0 Å². The first-order valence-electron chi connectivity index (χ1n) is 7.34. The molecule has 1 N–H and O–H groups in total. The Morgan fingerprint density at radius 1 is 1.16 bits per heavy atom. The number of likely N-dealkylation sites (N-methyl/N-ethyl adjacent to an activating group) is 1. The fourth-order valence-electron chi connectivity index (χ4n) is 2.60. The van der Waals surface area contributed by atoms with Crippen molar-refractivity contribution in [2.45, 2.75) is 51.7 Å². The lowest BCUT2D eigenvalue weighted by Gasteiger charge is -2.24. The van der Waals surface area contributed by atoms with E-state index in [-0.39, 0.29) is 11.9 Å². The SMILES string of the molecule is CC.CNC1Cc2ccccc2CN(C2CC2)C1=O. The highest BCUT2D eigenvalue weighted by molar-refractivity contribution is 5.83. The Balaban J connectivity index is 0.000000637. The zero-order valence-corrected chi connectivity index (χ0v) is 12.1. The van der Waals surface area contributed by atoms with Crippen molar-refractivity contribution in [2.24, 2.45) is 0 Å². The molecule has 3 heteroatoms. The van der Waals surface area contributed by atoms with Gasteiger partial charge in [0.05, 0.1) is 6.04 Å². The van der Waals surface area contributed by atoms with Gasteiger partial charge in [0.1, 0.15) is 0 Å². The number of benzene rings is 1. The van der Waals surface area contributed by atoms with Crippen LogP contribution in [-0.4, -0.2) is 29.9 Å². The summed E-state index contributed by atoms with van der Waals surface area (Å²) in [6.45, 7) is 4.79. The van der Waals surface area contributed by atoms with Crippen molar-refractivity contribution in [3.8, 4) is 0 Å². The quantitative estimate of drug-likeness (QED) is 0.885. The lowest BCUT2D eigenvalue weighted by Crippen LogP contribution is -2.45. The van der Waals surface area contributed by atoms with Crippen molar-refractivity contribution < 1.29 is 4.79 Å². The van der Waals surface area contributed by atoms with Crippen LogP contribution in [0.1, 0.15) is 37.8 Å². The van der Waals surface area contributed by atoms with Gasteiger partial charge >= 0.3 is 0 Å². The van der Waals surface area contributed by atoms with Crippen LogP contribution in [0.2, 0.25) is 0 Å². The summed E-state index contributed by atoms with van der Waals surface area (Å²) < 4.78 is 0. The van der Waals surface area contributed by atoms with Gasteiger partial charge in [0.2, 0.25) is 5.91 Å². The molecule has 1 unspecified atom stereocenters. The second kappa shape index (κ2) is 6.20. The monoisotopic (exact) mass is 260 g/mol. The van der Waals surface area contributed by atoms with Gasteiger partial charge in [-0.3, -0.25) is 4.79 Å². The first-order valence-corrected chi connectivity index (χ1v) is 7.34. The molecule has 1 aromatic carbocycles. The van der Waals surface area contributed by atoms with Gasteiger partial charge in [-0.25, -0.2) is 0 Å². The van der Waals surface area contributed by atoms with E-state index >= 15 is 0 Å². The summed E-state index contributed by atoms with van der Waals surface area (Å²) >= 11 is 0. The molecular weight excluding hydrogens is 236 g/mol. The summed E-state index contributed by atoms with van der Waals surface area (Å²) in [6, 6.07) is 8.85. The Morgan fingerprint density at radius 2 is 1.79 bits per heavy atom. The van der Waals surface area contributed by atoms with Crippen molar-refractivity contribution in [1.29, 1.82) is 0 Å². The predicted octanol–water partition coefficient (Wildman–Crippen LogP) is 2.35. The maximum atomic E-state index is 12.4. The van der Waals surface area contributed by atoms with Gasteiger partial charge in [0.15, 0.2) is 0 Å². The lowest BCUT2D eigenvalue weighted by molar-refractivity contribution is -0.134. The van der Waals surface area contributed by atoms with Gasteiger partial charge in [-0.2, -0.15) is 0 Å². The Morgan fingerprint density at radius 3 is 2.37 bits per heavy atom. The topological polar surface area (TPSA) is 32.3 Å². The van der Waals surface area contributed by atoms with Crippen LogP contribution in [0.25, 0.3) is 0 Å². The molecule has 1 heterocycles. The van der Waals surface area contributed by atoms with Crippen LogP contribution >= 0.6 is 0 Å². The molecule has 1 aliphatic heterocycles. The minimum absolute atomic E-state index is 0.0563. The summed E-state index contributed by atoms with van der Waals surface area (Å²) in [5.41, 5.74) is 2.62. The molecule has 1 fully saturated rings. The lowest BCUT2D eigenvalue weighted by atomic mass is 10.0. The molecule has 0 aromatic heterocycles. The molecule has 1 aliphatic carbocycles. The summed E-state index contributed by atoms with van der Waals surface area (Å²) in [7, 11) is 1.88. The first kappa shape index (κ1) is 14.1. The van der Waals surface area contributed by atoms with E-state index in [0.717, 1.165) is 13.0 Å². The van der Waals surface area contributed by atoms with Crippen molar-refractivity contribution in [3.05, 3.63) is 35.4 Å². The van der Waals surface area contributed by atoms with Crippen LogP contribution in [0.15, 0.2) is 24.3 Å². The summed E-state index contributed by atoms with van der Waals surface area (Å²) in [5, 5.41) is 3.16. The Kier molecular flexibility index (Phi) is 4.59. The van der Waals surface area contributed by atoms with Crippen LogP contribution in [0, 0.1) is 0 Å². The second-order valence-electron chi connectivity index (χ2n) is 5.01. The molecule has 0 spiro atoms. The first-order chi connectivity index (χ1) is 9.29. The molecule has 1 saturated carbocycles. The molecule has 0 saturated heterocycles. The number of amides is 1. The van der Waals surface area contributed by atoms with Crippen LogP contribution in [-0.2, 0) is 17.8 Å². The molecule has 1 aromatic rings. The van der Waals surface area contributed by atoms with E-state index in [1.807, 2.05) is 20.9 Å². The van der Waals surface area contributed by atoms with E-state index in [0.29, 0.717) is 6.04 Å². The maximum absolute atomic E-state index is 12.4. The number of nitrogens with one attached hydrogen (secondary N) is 1. The van der Waals surface area contributed by atoms with Gasteiger partial charge in [0.25, 0.3) is 0 Å². The highest BCUT2D eigenvalue weighted by Crippen LogP contribution is 2.31. The molecule has 104 valence electrons. The molecule has 0 bridgehead atoms. The minimum atomic E-state index is -0.0563. The average Bonchev–Trinajstić information content (AvgIpc) is 3.29. The van der Waals surface area contributed by atoms with Crippen molar-refractivity contribution >= 4 is 5.91 Å². The Labute approximate surface area is 116 Å². The molecular formula is C16H24N2O. The second-order valence-corrected chi connectivity index (χ2v) is 5.01. The number of nitrogens with zero attached hydrogens (tertiary/aromatic N) is 1. The van der Waals surface area contributed by atoms with E-state index in [1.54, 1.807) is 0 Å². The number of fused-ring (bicyclic) bond motifs is 1. The Bertz CT molecular complexity index is 440. The van der Waals surface area contributed by atoms with Crippen molar-refractivity contribution in [3.63, 3.8) is 0 Å². The fourth-order valence-corrected chi connectivity index (χ4v) is 2.60. The van der Waals surface area contributed by atoms with Gasteiger partial charge < -0.3 is 10.2 Å². The third-order valence-corrected chi connectivity index (χ3v) is 3.80. The molecule has 3 nitrogen and oxygen atoms in total. The van der Waals surface area contributed by atoms with Gasteiger partial charge in [0, 0.05) is 12.6 Å². The molecule has 1 amide bonds. The summed E-state index contributed by atoms with van der Waals surface area (Å²) in [6.07, 6.45) is 3.16. The molecule has 0 radical (unpaired) electrons. The van der Waals surface area contributed by atoms with Gasteiger partial charge in [-0.1, -0.05) is 38.1 Å². The third-order valence-electron chi connectivity index (χ3n) is 3.80. The average molecular weight is 260 g/mol. The van der Waals surface area contributed by atoms with E-state index in [4.69, 9.17) is 0 Å². The number of rotatable bonds is 2. The maximum Gasteiger partial charge on any atom is 0.240 e. The predicted molar refractivity (Wildman–Crippen MR) is 77.9 cm³/mol. The zero-order valence-electron chi connectivity index (χ0n) is 12.1. The number of carbonyl (C=O) groups excluding carboxylic acids is 1. The van der Waals surface area contributed by atoms with E-state index in [1.165, 1.54) is 24.0 Å². The fraction of sp³-hybridized carbons (Fsp3) is 0.562. The van der Waals surface area contributed by atoms with Crippen molar-refractivity contribution in [2.75, 3.05) is 7.05 Å². The van der Waals surface area contributed by atoms with E-state index in [9.17, 15) is 4.79 Å². The Hall–Kier alpha value is -1.35. The minimum Gasteiger partial charge on any atom is -0.334 e. The third kappa shape index (κ3) is 2.98. The highest BCUT2D eigenvalue weighted by Gasteiger charge is 2.37. The summed E-state index contributed by atoms with van der Waals surface area (Å²) in [4.78, 5) is 14.5. The van der Waals surface area contributed by atoms with Gasteiger partial charge in [-0.05, 0) is 37.4 Å². The standard InChI is InChI=1S/C14H18N2O.C2H6/c1-15-13-8-10-4-2-3-5-11(10)9-16(14(13)17)12-6-7-12;1-2/h2-5,12-13,15H,6-9H2,1H3;1-2H3. The highest BCUT2D eigenvalue weighted by atomic mass is 16.2. The van der Waals surface area contributed by atoms with E-state index in [2.05, 4.69) is 34.5 Å². The van der Waals surface area contributed by atoms with Crippen LogP contribution in [0.5, 0.6) is 0 Å². The van der Waals surface area contributed by atoms with Gasteiger partial charge in [-0.15, -0.1) is 0 Å². The number of hydrogen-bond acceptors (Lipinski definition) is 2. The molecule has 1 atom stereocenters. The smallest absolute Gasteiger partial charge is 0.240 e. The number of hydrogen-bond donors (Lipinski definition) is 1. The number of carbonyl (C=O) groups is 1. The van der Waals surface area contributed by atoms with E-state index < -0.39 is 0 Å². The molecule has 19 heavy (non-hydrogen) atoms. The van der Waals surface area contributed by atoms with Crippen molar-refractivity contribution in [1.82, 2.24) is 10.2 Å². The largest absolute Gasteiger partial charge is 0.334 e. The van der Waals surface area contributed by atoms with Crippen LogP contribution in [0.3, 0.4) is 0 Å². The van der Waals surface area contributed by atoms with Crippen LogP contribution < -0.4 is 5.32 Å². The summed E-state index contributed by atoms with van der Waals surface area (Å²) in [5.74, 6) is 0.270. The normalized spacial score (nSPS) is 22.2. The molecule has 3 rings (SSSR count). The zero-order chi connectivity index (χ0) is 13.8.